The lowest BCUT2D eigenvalue weighted by Crippen LogP contribution is -2.39. The molecular weight excluding hydrogens is 440 g/mol. The summed E-state index contributed by atoms with van der Waals surface area (Å²) in [5.41, 5.74) is 5.22. The average molecular weight is 469 g/mol. The van der Waals surface area contributed by atoms with Crippen molar-refractivity contribution in [2.45, 2.75) is 25.2 Å². The number of ether oxygens (including phenoxy) is 1. The summed E-state index contributed by atoms with van der Waals surface area (Å²) in [6.07, 6.45) is 11.2. The first-order valence-corrected chi connectivity index (χ1v) is 11.8. The summed E-state index contributed by atoms with van der Waals surface area (Å²) >= 11 is 0. The van der Waals surface area contributed by atoms with E-state index in [9.17, 15) is 4.79 Å². The number of aryl methyl sites for hydroxylation is 1. The van der Waals surface area contributed by atoms with Crippen molar-refractivity contribution in [3.05, 3.63) is 90.0 Å². The van der Waals surface area contributed by atoms with Crippen molar-refractivity contribution in [1.29, 1.82) is 0 Å². The minimum atomic E-state index is -0.00276. The molecule has 4 aromatic rings. The standard InChI is InChI=1S/C27H28N6O2/c1-32-18-28-16-23(32)26-25(29-11-12-30-26)21-7-5-13-33(17-21)27(34)20-9-10-22(31-15-20)14-19-6-3-4-8-24(19)35-2/h3-4,6,8-12,15-16,18,21H,5,7,13-14,17H2,1-2H3/t21-/m0/s1. The predicted octanol–water partition coefficient (Wildman–Crippen LogP) is 3.89. The molecule has 0 spiro atoms. The Labute approximate surface area is 204 Å². The Morgan fingerprint density at radius 3 is 2.71 bits per heavy atom. The van der Waals surface area contributed by atoms with Crippen LogP contribution in [0, 0.1) is 0 Å². The summed E-state index contributed by atoms with van der Waals surface area (Å²) in [5, 5.41) is 0. The van der Waals surface area contributed by atoms with Gasteiger partial charge in [-0.3, -0.25) is 19.7 Å². The highest BCUT2D eigenvalue weighted by molar-refractivity contribution is 5.94. The number of rotatable bonds is 6. The molecule has 1 saturated heterocycles. The molecule has 4 heterocycles. The summed E-state index contributed by atoms with van der Waals surface area (Å²) in [6.45, 7) is 1.32. The van der Waals surface area contributed by atoms with E-state index in [-0.39, 0.29) is 11.8 Å². The Morgan fingerprint density at radius 2 is 1.94 bits per heavy atom. The van der Waals surface area contributed by atoms with Crippen molar-refractivity contribution in [3.63, 3.8) is 0 Å². The summed E-state index contributed by atoms with van der Waals surface area (Å²) in [4.78, 5) is 33.3. The Bertz CT molecular complexity index is 1320. The number of carbonyl (C=O) groups excluding carboxylic acids is 1. The quantitative estimate of drug-likeness (QED) is 0.427. The fourth-order valence-electron chi connectivity index (χ4n) is 4.70. The molecule has 1 atom stereocenters. The highest BCUT2D eigenvalue weighted by Gasteiger charge is 2.29. The monoisotopic (exact) mass is 468 g/mol. The highest BCUT2D eigenvalue weighted by Crippen LogP contribution is 2.32. The van der Waals surface area contributed by atoms with Crippen LogP contribution in [0.1, 0.15) is 46.1 Å². The van der Waals surface area contributed by atoms with Gasteiger partial charge in [0.15, 0.2) is 0 Å². The molecule has 0 bridgehead atoms. The predicted molar refractivity (Wildman–Crippen MR) is 132 cm³/mol. The topological polar surface area (TPSA) is 86.0 Å². The molecule has 3 aromatic heterocycles. The van der Waals surface area contributed by atoms with Crippen molar-refractivity contribution in [2.24, 2.45) is 7.05 Å². The molecule has 0 radical (unpaired) electrons. The molecule has 8 nitrogen and oxygen atoms in total. The normalized spacial score (nSPS) is 15.7. The minimum Gasteiger partial charge on any atom is -0.496 e. The van der Waals surface area contributed by atoms with Crippen molar-refractivity contribution in [1.82, 2.24) is 29.4 Å². The molecule has 0 aliphatic carbocycles. The van der Waals surface area contributed by atoms with Crippen molar-refractivity contribution >= 4 is 5.91 Å². The number of amides is 1. The number of imidazole rings is 1. The maximum atomic E-state index is 13.3. The number of para-hydroxylation sites is 1. The first kappa shape index (κ1) is 22.7. The van der Waals surface area contributed by atoms with Crippen LogP contribution in [-0.2, 0) is 13.5 Å². The van der Waals surface area contributed by atoms with Gasteiger partial charge in [0, 0.05) is 62.3 Å². The maximum Gasteiger partial charge on any atom is 0.255 e. The molecule has 1 fully saturated rings. The van der Waals surface area contributed by atoms with Gasteiger partial charge in [-0.1, -0.05) is 18.2 Å². The number of carbonyl (C=O) groups is 1. The molecular formula is C27H28N6O2. The molecule has 8 heteroatoms. The molecule has 1 aromatic carbocycles. The fourth-order valence-corrected chi connectivity index (χ4v) is 4.70. The van der Waals surface area contributed by atoms with Crippen LogP contribution in [-0.4, -0.2) is 55.5 Å². The van der Waals surface area contributed by atoms with Gasteiger partial charge in [-0.2, -0.15) is 0 Å². The second-order valence-electron chi connectivity index (χ2n) is 8.80. The molecule has 1 aliphatic heterocycles. The van der Waals surface area contributed by atoms with E-state index in [4.69, 9.17) is 4.74 Å². The molecule has 5 rings (SSSR count). The molecule has 1 amide bonds. The van der Waals surface area contributed by atoms with Gasteiger partial charge in [-0.15, -0.1) is 0 Å². The number of piperidine rings is 1. The van der Waals surface area contributed by atoms with Crippen LogP contribution in [0.15, 0.2) is 67.5 Å². The fraction of sp³-hybridized carbons (Fsp3) is 0.296. The second-order valence-corrected chi connectivity index (χ2v) is 8.80. The van der Waals surface area contributed by atoms with E-state index in [1.807, 2.05) is 52.9 Å². The molecule has 1 aliphatic rings. The van der Waals surface area contributed by atoms with Gasteiger partial charge < -0.3 is 14.2 Å². The van der Waals surface area contributed by atoms with E-state index in [2.05, 4.69) is 19.9 Å². The van der Waals surface area contributed by atoms with Gasteiger partial charge in [0.25, 0.3) is 5.91 Å². The van der Waals surface area contributed by atoms with E-state index in [0.717, 1.165) is 53.5 Å². The van der Waals surface area contributed by atoms with Crippen LogP contribution in [0.3, 0.4) is 0 Å². The van der Waals surface area contributed by atoms with Gasteiger partial charge in [0.05, 0.1) is 36.6 Å². The average Bonchev–Trinajstić information content (AvgIpc) is 3.34. The van der Waals surface area contributed by atoms with Crippen molar-refractivity contribution < 1.29 is 9.53 Å². The van der Waals surface area contributed by atoms with Crippen LogP contribution < -0.4 is 4.74 Å². The number of hydrogen-bond donors (Lipinski definition) is 0. The Morgan fingerprint density at radius 1 is 1.09 bits per heavy atom. The van der Waals surface area contributed by atoms with Crippen LogP contribution in [0.25, 0.3) is 11.4 Å². The summed E-state index contributed by atoms with van der Waals surface area (Å²) in [7, 11) is 3.61. The number of likely N-dealkylation sites (tertiary alicyclic amines) is 1. The number of benzene rings is 1. The van der Waals surface area contributed by atoms with Gasteiger partial charge in [0.1, 0.15) is 11.4 Å². The van der Waals surface area contributed by atoms with Gasteiger partial charge in [-0.25, -0.2) is 4.98 Å². The van der Waals surface area contributed by atoms with E-state index in [0.29, 0.717) is 18.5 Å². The number of hydrogen-bond acceptors (Lipinski definition) is 6. The SMILES string of the molecule is COc1ccccc1Cc1ccc(C(=O)N2CCC[C@H](c3nccnc3-c3cncn3C)C2)cn1. The van der Waals surface area contributed by atoms with Crippen LogP contribution in [0.4, 0.5) is 0 Å². The first-order valence-electron chi connectivity index (χ1n) is 11.8. The Balaban J connectivity index is 1.31. The first-order chi connectivity index (χ1) is 17.1. The summed E-state index contributed by atoms with van der Waals surface area (Å²) in [5.74, 6) is 0.949. The van der Waals surface area contributed by atoms with Gasteiger partial charge in [0.2, 0.25) is 0 Å². The minimum absolute atomic E-state index is 0.00276. The van der Waals surface area contributed by atoms with Crippen LogP contribution >= 0.6 is 0 Å². The lowest BCUT2D eigenvalue weighted by Gasteiger charge is -2.33. The Hall–Kier alpha value is -4.07. The highest BCUT2D eigenvalue weighted by atomic mass is 16.5. The van der Waals surface area contributed by atoms with E-state index >= 15 is 0 Å². The zero-order valence-electron chi connectivity index (χ0n) is 20.0. The largest absolute Gasteiger partial charge is 0.496 e. The molecule has 0 N–H and O–H groups in total. The number of methoxy groups -OCH3 is 1. The zero-order chi connectivity index (χ0) is 24.2. The van der Waals surface area contributed by atoms with E-state index in [1.54, 1.807) is 38.2 Å². The number of pyridine rings is 1. The van der Waals surface area contributed by atoms with Crippen LogP contribution in [0.2, 0.25) is 0 Å². The van der Waals surface area contributed by atoms with Crippen LogP contribution in [0.5, 0.6) is 5.75 Å². The lowest BCUT2D eigenvalue weighted by molar-refractivity contribution is 0.0705. The zero-order valence-corrected chi connectivity index (χ0v) is 20.0. The molecule has 0 unspecified atom stereocenters. The summed E-state index contributed by atoms with van der Waals surface area (Å²) < 4.78 is 7.38. The second kappa shape index (κ2) is 10.0. The molecule has 0 saturated carbocycles. The lowest BCUT2D eigenvalue weighted by atomic mass is 9.92. The van der Waals surface area contributed by atoms with E-state index < -0.39 is 0 Å². The smallest absolute Gasteiger partial charge is 0.255 e. The van der Waals surface area contributed by atoms with Gasteiger partial charge >= 0.3 is 0 Å². The summed E-state index contributed by atoms with van der Waals surface area (Å²) in [6, 6.07) is 11.7. The third kappa shape index (κ3) is 4.77. The van der Waals surface area contributed by atoms with E-state index in [1.165, 1.54) is 0 Å². The number of aromatic nitrogens is 5. The maximum absolute atomic E-state index is 13.3. The molecule has 178 valence electrons. The third-order valence-corrected chi connectivity index (χ3v) is 6.52. The number of nitrogens with zero attached hydrogens (tertiary/aromatic N) is 6. The molecule has 35 heavy (non-hydrogen) atoms. The third-order valence-electron chi connectivity index (χ3n) is 6.52. The van der Waals surface area contributed by atoms with Crippen molar-refractivity contribution in [3.8, 4) is 17.1 Å². The van der Waals surface area contributed by atoms with Gasteiger partial charge in [-0.05, 0) is 31.0 Å². The Kier molecular flexibility index (Phi) is 6.52. The van der Waals surface area contributed by atoms with Crippen molar-refractivity contribution in [2.75, 3.05) is 20.2 Å².